The first-order valence-electron chi connectivity index (χ1n) is 6.76. The molecule has 0 bridgehead atoms. The maximum Gasteiger partial charge on any atom is 0.276 e. The third-order valence-corrected chi connectivity index (χ3v) is 3.40. The molecular formula is C15H14F3NO3. The lowest BCUT2D eigenvalue weighted by molar-refractivity contribution is 0.00430. The van der Waals surface area contributed by atoms with E-state index in [0.717, 1.165) is 0 Å². The number of methoxy groups -OCH3 is 1. The predicted molar refractivity (Wildman–Crippen MR) is 73.1 cm³/mol. The van der Waals surface area contributed by atoms with Gasteiger partial charge in [-0.15, -0.1) is 0 Å². The Labute approximate surface area is 124 Å². The van der Waals surface area contributed by atoms with Gasteiger partial charge in [0, 0.05) is 24.1 Å². The van der Waals surface area contributed by atoms with E-state index in [1.54, 1.807) is 6.07 Å². The van der Waals surface area contributed by atoms with Crippen molar-refractivity contribution in [2.24, 2.45) is 0 Å². The highest BCUT2D eigenvalue weighted by molar-refractivity contribution is 5.86. The molecule has 0 N–H and O–H groups in total. The molecule has 0 aliphatic heterocycles. The van der Waals surface area contributed by atoms with Crippen molar-refractivity contribution in [3.05, 3.63) is 30.2 Å². The molecule has 0 amide bonds. The van der Waals surface area contributed by atoms with Gasteiger partial charge >= 0.3 is 0 Å². The first-order chi connectivity index (χ1) is 10.5. The van der Waals surface area contributed by atoms with Crippen molar-refractivity contribution in [2.75, 3.05) is 20.3 Å². The third kappa shape index (κ3) is 2.94. The minimum absolute atomic E-state index is 0.0579. The van der Waals surface area contributed by atoms with Crippen LogP contribution in [0.3, 0.4) is 0 Å². The molecule has 0 spiro atoms. The van der Waals surface area contributed by atoms with Gasteiger partial charge in [0.2, 0.25) is 0 Å². The van der Waals surface area contributed by atoms with Crippen molar-refractivity contribution in [2.45, 2.75) is 18.4 Å². The number of hydrogen-bond donors (Lipinski definition) is 0. The van der Waals surface area contributed by atoms with E-state index in [1.165, 1.54) is 25.4 Å². The molecule has 1 atom stereocenters. The van der Waals surface area contributed by atoms with Gasteiger partial charge in [-0.05, 0) is 12.1 Å². The topological polar surface area (TPSA) is 40.6 Å². The molecule has 0 radical (unpaired) electrons. The van der Waals surface area contributed by atoms with Crippen molar-refractivity contribution in [3.63, 3.8) is 0 Å². The van der Waals surface area contributed by atoms with Crippen LogP contribution < -0.4 is 9.47 Å². The SMILES string of the molecule is COc1cc2c(OCCOC3CC3(F)F)ccnc2cc1F. The number of rotatable bonds is 6. The Morgan fingerprint density at radius 2 is 2.05 bits per heavy atom. The van der Waals surface area contributed by atoms with Crippen molar-refractivity contribution in [1.82, 2.24) is 4.98 Å². The van der Waals surface area contributed by atoms with Gasteiger partial charge in [-0.1, -0.05) is 0 Å². The molecule has 1 aromatic carbocycles. The normalized spacial score (nSPS) is 19.2. The summed E-state index contributed by atoms with van der Waals surface area (Å²) in [5.41, 5.74) is 0.422. The summed E-state index contributed by atoms with van der Waals surface area (Å²) in [6, 6.07) is 4.36. The summed E-state index contributed by atoms with van der Waals surface area (Å²) in [4.78, 5) is 4.06. The maximum atomic E-state index is 13.6. The van der Waals surface area contributed by atoms with Gasteiger partial charge in [0.15, 0.2) is 11.6 Å². The first-order valence-corrected chi connectivity index (χ1v) is 6.76. The lowest BCUT2D eigenvalue weighted by Gasteiger charge is -2.10. The zero-order valence-electron chi connectivity index (χ0n) is 11.8. The minimum Gasteiger partial charge on any atom is -0.494 e. The van der Waals surface area contributed by atoms with Crippen LogP contribution in [0.15, 0.2) is 24.4 Å². The molecule has 1 aliphatic rings. The van der Waals surface area contributed by atoms with E-state index in [9.17, 15) is 13.2 Å². The summed E-state index contributed by atoms with van der Waals surface area (Å²) in [7, 11) is 1.37. The summed E-state index contributed by atoms with van der Waals surface area (Å²) in [6.45, 7) is 0.174. The average molecular weight is 313 g/mol. The average Bonchev–Trinajstić information content (AvgIpc) is 3.10. The summed E-state index contributed by atoms with van der Waals surface area (Å²) in [5.74, 6) is -2.67. The maximum absolute atomic E-state index is 13.6. The van der Waals surface area contributed by atoms with Gasteiger partial charge in [0.1, 0.15) is 18.5 Å². The highest BCUT2D eigenvalue weighted by Crippen LogP contribution is 2.44. The van der Waals surface area contributed by atoms with Crippen molar-refractivity contribution in [1.29, 1.82) is 0 Å². The highest BCUT2D eigenvalue weighted by atomic mass is 19.3. The largest absolute Gasteiger partial charge is 0.494 e. The predicted octanol–water partition coefficient (Wildman–Crippen LogP) is 3.19. The number of alkyl halides is 2. The fourth-order valence-electron chi connectivity index (χ4n) is 2.12. The lowest BCUT2D eigenvalue weighted by atomic mass is 10.2. The van der Waals surface area contributed by atoms with Gasteiger partial charge in [-0.3, -0.25) is 4.98 Å². The fourth-order valence-corrected chi connectivity index (χ4v) is 2.12. The van der Waals surface area contributed by atoms with Gasteiger partial charge in [0.25, 0.3) is 5.92 Å². The number of hydrogen-bond acceptors (Lipinski definition) is 4. The van der Waals surface area contributed by atoms with Crippen LogP contribution in [0, 0.1) is 5.82 Å². The van der Waals surface area contributed by atoms with Crippen LogP contribution in [-0.2, 0) is 4.74 Å². The molecule has 7 heteroatoms. The number of fused-ring (bicyclic) bond motifs is 1. The standard InChI is InChI=1S/C15H14F3NO3/c1-20-13-6-9-11(7-10(13)16)19-3-2-12(9)21-4-5-22-14-8-15(14,17)18/h2-3,6-7,14H,4-5,8H2,1H3. The number of pyridine rings is 1. The second-order valence-electron chi connectivity index (χ2n) is 4.99. The number of aromatic nitrogens is 1. The second kappa shape index (κ2) is 5.64. The van der Waals surface area contributed by atoms with Gasteiger partial charge < -0.3 is 14.2 Å². The molecule has 1 saturated carbocycles. The molecule has 2 aromatic rings. The first kappa shape index (κ1) is 14.9. The Kier molecular flexibility index (Phi) is 3.82. The molecule has 1 fully saturated rings. The van der Waals surface area contributed by atoms with Gasteiger partial charge in [-0.25, -0.2) is 13.2 Å². The molecule has 4 nitrogen and oxygen atoms in total. The number of nitrogens with zero attached hydrogens (tertiary/aromatic N) is 1. The Morgan fingerprint density at radius 3 is 2.73 bits per heavy atom. The second-order valence-corrected chi connectivity index (χ2v) is 4.99. The van der Waals surface area contributed by atoms with Crippen LogP contribution in [0.1, 0.15) is 6.42 Å². The summed E-state index contributed by atoms with van der Waals surface area (Å²) in [5, 5.41) is 0.581. The molecule has 1 unspecified atom stereocenters. The van der Waals surface area contributed by atoms with E-state index >= 15 is 0 Å². The zero-order chi connectivity index (χ0) is 15.7. The monoisotopic (exact) mass is 313 g/mol. The Morgan fingerprint density at radius 1 is 1.27 bits per heavy atom. The fraction of sp³-hybridized carbons (Fsp3) is 0.400. The van der Waals surface area contributed by atoms with Crippen LogP contribution in [-0.4, -0.2) is 37.3 Å². The van der Waals surface area contributed by atoms with E-state index in [0.29, 0.717) is 16.7 Å². The molecule has 118 valence electrons. The van der Waals surface area contributed by atoms with Crippen LogP contribution in [0.25, 0.3) is 10.9 Å². The van der Waals surface area contributed by atoms with Crippen LogP contribution in [0.2, 0.25) is 0 Å². The zero-order valence-corrected chi connectivity index (χ0v) is 11.8. The van der Waals surface area contributed by atoms with E-state index in [-0.39, 0.29) is 25.4 Å². The Bertz CT molecular complexity index is 693. The lowest BCUT2D eigenvalue weighted by Crippen LogP contribution is -2.11. The van der Waals surface area contributed by atoms with E-state index in [4.69, 9.17) is 14.2 Å². The molecule has 0 saturated heterocycles. The molecule has 1 heterocycles. The Balaban J connectivity index is 1.68. The molecule has 22 heavy (non-hydrogen) atoms. The summed E-state index contributed by atoms with van der Waals surface area (Å²) < 4.78 is 54.4. The molecule has 1 aliphatic carbocycles. The molecule has 3 rings (SSSR count). The number of halogens is 3. The van der Waals surface area contributed by atoms with E-state index < -0.39 is 17.8 Å². The smallest absolute Gasteiger partial charge is 0.276 e. The van der Waals surface area contributed by atoms with Crippen molar-refractivity contribution >= 4 is 10.9 Å². The van der Waals surface area contributed by atoms with Crippen LogP contribution in [0.5, 0.6) is 11.5 Å². The summed E-state index contributed by atoms with van der Waals surface area (Å²) >= 11 is 0. The molecule has 1 aromatic heterocycles. The molecular weight excluding hydrogens is 299 g/mol. The van der Waals surface area contributed by atoms with Gasteiger partial charge in [0.05, 0.1) is 19.2 Å². The van der Waals surface area contributed by atoms with E-state index in [2.05, 4.69) is 4.98 Å². The van der Waals surface area contributed by atoms with Crippen LogP contribution >= 0.6 is 0 Å². The Hall–Kier alpha value is -2.02. The third-order valence-electron chi connectivity index (χ3n) is 3.40. The van der Waals surface area contributed by atoms with Crippen LogP contribution in [0.4, 0.5) is 13.2 Å². The van der Waals surface area contributed by atoms with Gasteiger partial charge in [-0.2, -0.15) is 0 Å². The number of benzene rings is 1. The minimum atomic E-state index is -2.70. The number of ether oxygens (including phenoxy) is 3. The quantitative estimate of drug-likeness (QED) is 0.768. The van der Waals surface area contributed by atoms with E-state index in [1.807, 2.05) is 0 Å². The van der Waals surface area contributed by atoms with Crippen molar-refractivity contribution < 1.29 is 27.4 Å². The summed E-state index contributed by atoms with van der Waals surface area (Å²) in [6.07, 6.45) is 0.251. The highest BCUT2D eigenvalue weighted by Gasteiger charge is 2.58. The van der Waals surface area contributed by atoms with Crippen molar-refractivity contribution in [3.8, 4) is 11.5 Å².